The van der Waals surface area contributed by atoms with Crippen LogP contribution in [0.15, 0.2) is 48.5 Å². The molecule has 0 heterocycles. The lowest BCUT2D eigenvalue weighted by atomic mass is 9.98. The standard InChI is InChI=1S/C26H28N2O5/c1-15(25(30)31)28(17-12-13-17)24(29)23(16-10-11-16)27-26(32)33-14-22-20-8-4-2-6-18(20)19-7-3-5-9-21(19)22/h2-9,15-17,22-23H,10-14H2,1H3,(H,27,32)(H,30,31). The second kappa shape index (κ2) is 8.54. The Morgan fingerprint density at radius 1 is 1.00 bits per heavy atom. The van der Waals surface area contributed by atoms with E-state index >= 15 is 0 Å². The van der Waals surface area contributed by atoms with Crippen molar-refractivity contribution in [2.24, 2.45) is 5.92 Å². The molecule has 5 rings (SSSR count). The third-order valence-electron chi connectivity index (χ3n) is 6.95. The van der Waals surface area contributed by atoms with Crippen molar-refractivity contribution in [1.82, 2.24) is 10.2 Å². The molecular weight excluding hydrogens is 420 g/mol. The molecule has 0 spiro atoms. The molecule has 2 fully saturated rings. The van der Waals surface area contributed by atoms with E-state index in [1.807, 2.05) is 24.3 Å². The van der Waals surface area contributed by atoms with Crippen molar-refractivity contribution in [2.75, 3.05) is 6.61 Å². The molecule has 2 saturated carbocycles. The van der Waals surface area contributed by atoms with Gasteiger partial charge in [-0.1, -0.05) is 48.5 Å². The normalized spacial score (nSPS) is 18.6. The van der Waals surface area contributed by atoms with E-state index in [9.17, 15) is 19.5 Å². The van der Waals surface area contributed by atoms with Crippen LogP contribution in [-0.2, 0) is 14.3 Å². The van der Waals surface area contributed by atoms with Gasteiger partial charge in [0.1, 0.15) is 18.7 Å². The van der Waals surface area contributed by atoms with Crippen molar-refractivity contribution in [1.29, 1.82) is 0 Å². The molecule has 0 bridgehead atoms. The van der Waals surface area contributed by atoms with Crippen LogP contribution in [0.2, 0.25) is 0 Å². The molecule has 2 aromatic carbocycles. The fraction of sp³-hybridized carbons (Fsp3) is 0.423. The monoisotopic (exact) mass is 448 g/mol. The van der Waals surface area contributed by atoms with Gasteiger partial charge < -0.3 is 20.1 Å². The molecule has 2 N–H and O–H groups in total. The molecule has 33 heavy (non-hydrogen) atoms. The second-order valence-corrected chi connectivity index (χ2v) is 9.28. The Balaban J connectivity index is 1.27. The first-order valence-corrected chi connectivity index (χ1v) is 11.6. The number of aliphatic carboxylic acids is 1. The predicted molar refractivity (Wildman–Crippen MR) is 122 cm³/mol. The van der Waals surface area contributed by atoms with Crippen molar-refractivity contribution in [3.8, 4) is 11.1 Å². The molecule has 0 aliphatic heterocycles. The maximum atomic E-state index is 13.3. The van der Waals surface area contributed by atoms with Gasteiger partial charge in [-0.2, -0.15) is 0 Å². The topological polar surface area (TPSA) is 95.9 Å². The van der Waals surface area contributed by atoms with E-state index in [-0.39, 0.29) is 30.4 Å². The van der Waals surface area contributed by atoms with Gasteiger partial charge in [-0.3, -0.25) is 4.79 Å². The van der Waals surface area contributed by atoms with Crippen molar-refractivity contribution < 1.29 is 24.2 Å². The minimum absolute atomic E-state index is 0.0280. The predicted octanol–water partition coefficient (Wildman–Crippen LogP) is 3.77. The zero-order valence-electron chi connectivity index (χ0n) is 18.6. The molecule has 172 valence electrons. The number of nitrogens with one attached hydrogen (secondary N) is 1. The van der Waals surface area contributed by atoms with E-state index in [1.54, 1.807) is 0 Å². The van der Waals surface area contributed by atoms with Gasteiger partial charge >= 0.3 is 12.1 Å². The maximum Gasteiger partial charge on any atom is 0.407 e. The Morgan fingerprint density at radius 3 is 2.09 bits per heavy atom. The molecule has 3 aliphatic carbocycles. The highest BCUT2D eigenvalue weighted by molar-refractivity contribution is 5.90. The summed E-state index contributed by atoms with van der Waals surface area (Å²) in [7, 11) is 0. The highest BCUT2D eigenvalue weighted by Gasteiger charge is 2.46. The van der Waals surface area contributed by atoms with E-state index in [2.05, 4.69) is 29.6 Å². The van der Waals surface area contributed by atoms with Crippen molar-refractivity contribution in [3.63, 3.8) is 0 Å². The van der Waals surface area contributed by atoms with Crippen LogP contribution in [0.3, 0.4) is 0 Å². The van der Waals surface area contributed by atoms with Crippen LogP contribution in [0.5, 0.6) is 0 Å². The number of hydrogen-bond acceptors (Lipinski definition) is 4. The van der Waals surface area contributed by atoms with Gasteiger partial charge in [-0.15, -0.1) is 0 Å². The fourth-order valence-corrected chi connectivity index (χ4v) is 4.90. The maximum absolute atomic E-state index is 13.3. The molecule has 7 heteroatoms. The average Bonchev–Trinajstić information content (AvgIpc) is 3.74. The number of amides is 2. The van der Waals surface area contributed by atoms with Gasteiger partial charge in [-0.05, 0) is 60.8 Å². The van der Waals surface area contributed by atoms with Gasteiger partial charge in [0, 0.05) is 12.0 Å². The number of hydrogen-bond donors (Lipinski definition) is 2. The molecule has 2 amide bonds. The zero-order chi connectivity index (χ0) is 23.1. The first-order chi connectivity index (χ1) is 16.0. The summed E-state index contributed by atoms with van der Waals surface area (Å²) >= 11 is 0. The number of rotatable bonds is 8. The first kappa shape index (κ1) is 21.5. The SMILES string of the molecule is CC(C(=O)O)N(C(=O)C(NC(=O)OCC1c2ccccc2-c2ccccc21)C1CC1)C1CC1. The lowest BCUT2D eigenvalue weighted by Gasteiger charge is -2.30. The summed E-state index contributed by atoms with van der Waals surface area (Å²) in [5.74, 6) is -1.39. The summed E-state index contributed by atoms with van der Waals surface area (Å²) in [6.45, 7) is 1.69. The summed E-state index contributed by atoms with van der Waals surface area (Å²) in [5, 5.41) is 12.2. The Hall–Kier alpha value is -3.35. The number of benzene rings is 2. The quantitative estimate of drug-likeness (QED) is 0.641. The number of ether oxygens (including phenoxy) is 1. The highest BCUT2D eigenvalue weighted by atomic mass is 16.5. The Kier molecular flexibility index (Phi) is 5.56. The lowest BCUT2D eigenvalue weighted by molar-refractivity contribution is -0.151. The van der Waals surface area contributed by atoms with E-state index in [0.29, 0.717) is 0 Å². The largest absolute Gasteiger partial charge is 0.480 e. The smallest absolute Gasteiger partial charge is 0.407 e. The highest BCUT2D eigenvalue weighted by Crippen LogP contribution is 2.44. The third-order valence-corrected chi connectivity index (χ3v) is 6.95. The Bertz CT molecular complexity index is 1050. The molecule has 2 atom stereocenters. The van der Waals surface area contributed by atoms with Crippen molar-refractivity contribution in [2.45, 2.75) is 56.7 Å². The van der Waals surface area contributed by atoms with E-state index in [0.717, 1.165) is 47.9 Å². The van der Waals surface area contributed by atoms with Gasteiger partial charge in [0.25, 0.3) is 0 Å². The minimum atomic E-state index is -1.04. The van der Waals surface area contributed by atoms with E-state index in [1.165, 1.54) is 11.8 Å². The molecule has 2 unspecified atom stereocenters. The molecule has 0 saturated heterocycles. The van der Waals surface area contributed by atoms with E-state index in [4.69, 9.17) is 4.74 Å². The Labute approximate surface area is 192 Å². The molecule has 0 radical (unpaired) electrons. The van der Waals surface area contributed by atoms with Crippen LogP contribution in [0, 0.1) is 5.92 Å². The number of carbonyl (C=O) groups excluding carboxylic acids is 2. The number of nitrogens with zero attached hydrogens (tertiary/aromatic N) is 1. The average molecular weight is 449 g/mol. The fourth-order valence-electron chi connectivity index (χ4n) is 4.90. The number of carboxylic acid groups (broad SMARTS) is 1. The summed E-state index contributed by atoms with van der Waals surface area (Å²) in [6.07, 6.45) is 2.62. The summed E-state index contributed by atoms with van der Waals surface area (Å²) < 4.78 is 5.62. The zero-order valence-corrected chi connectivity index (χ0v) is 18.6. The number of carboxylic acids is 1. The van der Waals surface area contributed by atoms with Gasteiger partial charge in [0.2, 0.25) is 5.91 Å². The van der Waals surface area contributed by atoms with E-state index < -0.39 is 24.1 Å². The van der Waals surface area contributed by atoms with Crippen molar-refractivity contribution in [3.05, 3.63) is 59.7 Å². The minimum Gasteiger partial charge on any atom is -0.480 e. The van der Waals surface area contributed by atoms with Gasteiger partial charge in [0.15, 0.2) is 0 Å². The summed E-state index contributed by atoms with van der Waals surface area (Å²) in [6, 6.07) is 14.5. The first-order valence-electron chi connectivity index (χ1n) is 11.6. The summed E-state index contributed by atoms with van der Waals surface area (Å²) in [5.41, 5.74) is 4.54. The second-order valence-electron chi connectivity index (χ2n) is 9.28. The molecular formula is C26H28N2O5. The molecule has 7 nitrogen and oxygen atoms in total. The Morgan fingerprint density at radius 2 is 1.58 bits per heavy atom. The van der Waals surface area contributed by atoms with Crippen molar-refractivity contribution >= 4 is 18.0 Å². The van der Waals surface area contributed by atoms with Crippen LogP contribution in [0.25, 0.3) is 11.1 Å². The van der Waals surface area contributed by atoms with Gasteiger partial charge in [0.05, 0.1) is 0 Å². The lowest BCUT2D eigenvalue weighted by Crippen LogP contribution is -2.55. The van der Waals surface area contributed by atoms with Crippen LogP contribution in [-0.4, -0.2) is 52.7 Å². The van der Waals surface area contributed by atoms with Crippen LogP contribution in [0.4, 0.5) is 4.79 Å². The van der Waals surface area contributed by atoms with Gasteiger partial charge in [-0.25, -0.2) is 9.59 Å². The molecule has 3 aliphatic rings. The van der Waals surface area contributed by atoms with Crippen LogP contribution < -0.4 is 5.32 Å². The molecule has 2 aromatic rings. The summed E-state index contributed by atoms with van der Waals surface area (Å²) in [4.78, 5) is 39.0. The number of fused-ring (bicyclic) bond motifs is 3. The van der Waals surface area contributed by atoms with Crippen LogP contribution in [0.1, 0.15) is 49.7 Å². The molecule has 0 aromatic heterocycles. The van der Waals surface area contributed by atoms with Crippen LogP contribution >= 0.6 is 0 Å². The number of carbonyl (C=O) groups is 3. The third kappa shape index (κ3) is 4.19. The number of alkyl carbamates (subject to hydrolysis) is 1.